The Bertz CT molecular complexity index is 485. The van der Waals surface area contributed by atoms with Gasteiger partial charge >= 0.3 is 0 Å². The van der Waals surface area contributed by atoms with E-state index >= 15 is 0 Å². The van der Waals surface area contributed by atoms with Gasteiger partial charge in [-0.05, 0) is 37.6 Å². The first-order valence-corrected chi connectivity index (χ1v) is 5.25. The lowest BCUT2D eigenvalue weighted by atomic mass is 10.0. The van der Waals surface area contributed by atoms with E-state index < -0.39 is 0 Å². The fourth-order valence-electron chi connectivity index (χ4n) is 2.29. The van der Waals surface area contributed by atoms with Gasteiger partial charge in [0, 0.05) is 17.0 Å². The lowest BCUT2D eigenvalue weighted by Gasteiger charge is -2.11. The van der Waals surface area contributed by atoms with Gasteiger partial charge in [-0.1, -0.05) is 0 Å². The molecule has 3 rings (SSSR count). The van der Waals surface area contributed by atoms with Crippen LogP contribution in [-0.4, -0.2) is 6.54 Å². The molecular weight excluding hydrogens is 193 g/mol. The molecule has 1 fully saturated rings. The molecule has 1 N–H and O–H groups in total. The van der Waals surface area contributed by atoms with Gasteiger partial charge in [0.2, 0.25) is 0 Å². The molecule has 78 valence electrons. The summed E-state index contributed by atoms with van der Waals surface area (Å²) in [5, 5.41) is 4.27. The summed E-state index contributed by atoms with van der Waals surface area (Å²) in [7, 11) is 0. The fraction of sp³-hybridized carbons (Fsp3) is 0.333. The topological polar surface area (TPSA) is 25.2 Å². The van der Waals surface area contributed by atoms with Crippen molar-refractivity contribution in [2.75, 3.05) is 6.54 Å². The van der Waals surface area contributed by atoms with E-state index in [2.05, 4.69) is 5.32 Å². The zero-order chi connectivity index (χ0) is 10.3. The van der Waals surface area contributed by atoms with Gasteiger partial charge in [0.25, 0.3) is 0 Å². The van der Waals surface area contributed by atoms with Crippen LogP contribution < -0.4 is 5.32 Å². The summed E-state index contributed by atoms with van der Waals surface area (Å²) >= 11 is 0. The minimum absolute atomic E-state index is 0.111. The number of hydrogen-bond donors (Lipinski definition) is 1. The molecule has 3 heteroatoms. The molecule has 0 saturated carbocycles. The highest BCUT2D eigenvalue weighted by Gasteiger charge is 2.23. The van der Waals surface area contributed by atoms with Crippen molar-refractivity contribution in [3.63, 3.8) is 0 Å². The summed E-state index contributed by atoms with van der Waals surface area (Å²) < 4.78 is 19.1. The molecule has 1 aromatic heterocycles. The Hall–Kier alpha value is -1.35. The molecule has 0 aliphatic carbocycles. The summed E-state index contributed by atoms with van der Waals surface area (Å²) in [5.74, 6) is -0.170. The lowest BCUT2D eigenvalue weighted by molar-refractivity contribution is 0.540. The Labute approximate surface area is 87.1 Å². The van der Waals surface area contributed by atoms with Gasteiger partial charge in [0.1, 0.15) is 11.4 Å². The molecule has 2 heterocycles. The molecule has 0 radical (unpaired) electrons. The van der Waals surface area contributed by atoms with E-state index in [4.69, 9.17) is 4.42 Å². The van der Waals surface area contributed by atoms with Crippen molar-refractivity contribution in [2.45, 2.75) is 18.9 Å². The molecule has 1 aliphatic rings. The van der Waals surface area contributed by atoms with Gasteiger partial charge in [-0.2, -0.15) is 0 Å². The second kappa shape index (κ2) is 3.35. The number of fused-ring (bicyclic) bond motifs is 1. The van der Waals surface area contributed by atoms with Gasteiger partial charge in [-0.3, -0.25) is 0 Å². The third kappa shape index (κ3) is 1.35. The van der Waals surface area contributed by atoms with Crippen LogP contribution in [0.2, 0.25) is 0 Å². The molecule has 1 aromatic carbocycles. The van der Waals surface area contributed by atoms with Crippen molar-refractivity contribution in [2.24, 2.45) is 0 Å². The fourth-order valence-corrected chi connectivity index (χ4v) is 2.29. The second-order valence-corrected chi connectivity index (χ2v) is 3.95. The van der Waals surface area contributed by atoms with Crippen molar-refractivity contribution < 1.29 is 8.81 Å². The van der Waals surface area contributed by atoms with Crippen molar-refractivity contribution in [1.82, 2.24) is 5.32 Å². The number of hydrogen-bond acceptors (Lipinski definition) is 2. The second-order valence-electron chi connectivity index (χ2n) is 3.95. The van der Waals surface area contributed by atoms with Crippen molar-refractivity contribution in [3.05, 3.63) is 35.8 Å². The Morgan fingerprint density at radius 2 is 2.27 bits per heavy atom. The maximum absolute atomic E-state index is 13.7. The van der Waals surface area contributed by atoms with Crippen LogP contribution in [0.25, 0.3) is 11.0 Å². The van der Waals surface area contributed by atoms with Crippen LogP contribution in [0.4, 0.5) is 4.39 Å². The first kappa shape index (κ1) is 8.92. The molecule has 0 spiro atoms. The van der Waals surface area contributed by atoms with E-state index in [9.17, 15) is 4.39 Å². The van der Waals surface area contributed by atoms with E-state index in [0.717, 1.165) is 24.8 Å². The number of benzene rings is 1. The largest absolute Gasteiger partial charge is 0.464 e. The van der Waals surface area contributed by atoms with E-state index in [0.29, 0.717) is 11.1 Å². The summed E-state index contributed by atoms with van der Waals surface area (Å²) in [5.41, 5.74) is 1.38. The van der Waals surface area contributed by atoms with Crippen molar-refractivity contribution in [3.8, 4) is 0 Å². The molecule has 1 aliphatic heterocycles. The Balaban J connectivity index is 2.21. The highest BCUT2D eigenvalue weighted by atomic mass is 19.1. The summed E-state index contributed by atoms with van der Waals surface area (Å²) in [6, 6.07) is 5.26. The summed E-state index contributed by atoms with van der Waals surface area (Å²) in [4.78, 5) is 0. The number of rotatable bonds is 1. The molecule has 1 unspecified atom stereocenters. The highest BCUT2D eigenvalue weighted by Crippen LogP contribution is 2.32. The number of nitrogens with one attached hydrogen (secondary N) is 1. The molecule has 1 atom stereocenters. The SMILES string of the molecule is Fc1ccc2ccoc2c1C1CCCN1. The first-order valence-electron chi connectivity index (χ1n) is 5.25. The molecular formula is C12H12FNO. The molecule has 0 bridgehead atoms. The van der Waals surface area contributed by atoms with Crippen LogP contribution in [0.5, 0.6) is 0 Å². The lowest BCUT2D eigenvalue weighted by Crippen LogP contribution is -2.14. The maximum Gasteiger partial charge on any atom is 0.141 e. The van der Waals surface area contributed by atoms with Crippen LogP contribution in [0, 0.1) is 5.82 Å². The van der Waals surface area contributed by atoms with E-state index in [1.807, 2.05) is 6.07 Å². The van der Waals surface area contributed by atoms with Crippen LogP contribution in [0.15, 0.2) is 28.9 Å². The Morgan fingerprint density at radius 1 is 1.33 bits per heavy atom. The average Bonchev–Trinajstić information content (AvgIpc) is 2.85. The van der Waals surface area contributed by atoms with Gasteiger partial charge < -0.3 is 9.73 Å². The number of halogens is 1. The normalized spacial score (nSPS) is 21.3. The molecule has 2 nitrogen and oxygen atoms in total. The third-order valence-electron chi connectivity index (χ3n) is 3.02. The zero-order valence-electron chi connectivity index (χ0n) is 8.29. The average molecular weight is 205 g/mol. The van der Waals surface area contributed by atoms with Crippen LogP contribution in [-0.2, 0) is 0 Å². The van der Waals surface area contributed by atoms with Gasteiger partial charge in [-0.25, -0.2) is 4.39 Å². The van der Waals surface area contributed by atoms with E-state index in [1.54, 1.807) is 12.3 Å². The van der Waals surface area contributed by atoms with E-state index in [1.165, 1.54) is 6.07 Å². The minimum Gasteiger partial charge on any atom is -0.464 e. The quantitative estimate of drug-likeness (QED) is 0.774. The highest BCUT2D eigenvalue weighted by molar-refractivity contribution is 5.81. The van der Waals surface area contributed by atoms with Crippen LogP contribution >= 0.6 is 0 Å². The van der Waals surface area contributed by atoms with Gasteiger partial charge in [0.15, 0.2) is 0 Å². The van der Waals surface area contributed by atoms with Gasteiger partial charge in [-0.15, -0.1) is 0 Å². The zero-order valence-corrected chi connectivity index (χ0v) is 8.29. The smallest absolute Gasteiger partial charge is 0.141 e. The van der Waals surface area contributed by atoms with Crippen molar-refractivity contribution in [1.29, 1.82) is 0 Å². The predicted molar refractivity (Wildman–Crippen MR) is 56.1 cm³/mol. The van der Waals surface area contributed by atoms with Crippen LogP contribution in [0.1, 0.15) is 24.4 Å². The molecule has 1 saturated heterocycles. The maximum atomic E-state index is 13.7. The standard InChI is InChI=1S/C12H12FNO/c13-9-4-3-8-5-7-15-12(8)11(9)10-2-1-6-14-10/h3-5,7,10,14H,1-2,6H2. The molecule has 15 heavy (non-hydrogen) atoms. The Morgan fingerprint density at radius 3 is 3.07 bits per heavy atom. The predicted octanol–water partition coefficient (Wildman–Crippen LogP) is 3.00. The monoisotopic (exact) mass is 205 g/mol. The minimum atomic E-state index is -0.170. The van der Waals surface area contributed by atoms with E-state index in [-0.39, 0.29) is 11.9 Å². The third-order valence-corrected chi connectivity index (χ3v) is 3.02. The molecule has 2 aromatic rings. The number of furan rings is 1. The Kier molecular flexibility index (Phi) is 1.99. The first-order chi connectivity index (χ1) is 7.36. The summed E-state index contributed by atoms with van der Waals surface area (Å²) in [6.45, 7) is 0.960. The van der Waals surface area contributed by atoms with Crippen molar-refractivity contribution >= 4 is 11.0 Å². The molecule has 0 amide bonds. The van der Waals surface area contributed by atoms with Crippen LogP contribution in [0.3, 0.4) is 0 Å². The van der Waals surface area contributed by atoms with Gasteiger partial charge in [0.05, 0.1) is 6.26 Å². The summed E-state index contributed by atoms with van der Waals surface area (Å²) in [6.07, 6.45) is 3.69.